The molecule has 1 fully saturated rings. The predicted molar refractivity (Wildman–Crippen MR) is 79.1 cm³/mol. The number of anilines is 1. The van der Waals surface area contributed by atoms with E-state index < -0.39 is 0 Å². The van der Waals surface area contributed by atoms with Crippen LogP contribution in [0.25, 0.3) is 10.8 Å². The van der Waals surface area contributed by atoms with E-state index in [0.29, 0.717) is 12.5 Å². The van der Waals surface area contributed by atoms with Gasteiger partial charge in [0.15, 0.2) is 0 Å². The summed E-state index contributed by atoms with van der Waals surface area (Å²) in [4.78, 5) is 2.38. The Kier molecular flexibility index (Phi) is 3.27. The molecule has 1 aliphatic rings. The van der Waals surface area contributed by atoms with Crippen molar-refractivity contribution >= 4 is 32.4 Å². The normalized spacial score (nSPS) is 19.7. The van der Waals surface area contributed by atoms with E-state index in [1.165, 1.54) is 16.5 Å². The molecule has 2 nitrogen and oxygen atoms in total. The van der Waals surface area contributed by atoms with Crippen molar-refractivity contribution in [3.63, 3.8) is 0 Å². The minimum atomic E-state index is 0.297. The molecule has 1 saturated heterocycles. The van der Waals surface area contributed by atoms with Gasteiger partial charge in [-0.2, -0.15) is 0 Å². The number of hydrogen-bond acceptors (Lipinski definition) is 2. The summed E-state index contributed by atoms with van der Waals surface area (Å²) < 4.78 is 1.14. The van der Waals surface area contributed by atoms with Gasteiger partial charge in [-0.15, -0.1) is 0 Å². The van der Waals surface area contributed by atoms with E-state index in [-0.39, 0.29) is 0 Å². The maximum Gasteiger partial charge on any atom is 0.0476 e. The van der Waals surface area contributed by atoms with Crippen LogP contribution in [-0.4, -0.2) is 24.8 Å². The lowest BCUT2D eigenvalue weighted by atomic mass is 10.1. The van der Waals surface area contributed by atoms with Gasteiger partial charge in [-0.3, -0.25) is 0 Å². The summed E-state index contributed by atoms with van der Waals surface area (Å²) in [6.45, 7) is 2.30. The fraction of sp³-hybridized carbons (Fsp3) is 0.333. The van der Waals surface area contributed by atoms with Crippen molar-refractivity contribution < 1.29 is 5.11 Å². The van der Waals surface area contributed by atoms with Gasteiger partial charge in [0, 0.05) is 41.2 Å². The number of hydrogen-bond donors (Lipinski definition) is 1. The van der Waals surface area contributed by atoms with E-state index in [9.17, 15) is 5.11 Å². The van der Waals surface area contributed by atoms with E-state index in [1.807, 2.05) is 0 Å². The lowest BCUT2D eigenvalue weighted by Gasteiger charge is -2.21. The number of fused-ring (bicyclic) bond motifs is 1. The summed E-state index contributed by atoms with van der Waals surface area (Å²) in [5.74, 6) is 0.424. The van der Waals surface area contributed by atoms with Gasteiger partial charge < -0.3 is 10.0 Å². The molecule has 1 aliphatic heterocycles. The van der Waals surface area contributed by atoms with Gasteiger partial charge in [0.25, 0.3) is 0 Å². The van der Waals surface area contributed by atoms with Crippen molar-refractivity contribution in [2.24, 2.45) is 5.92 Å². The number of aliphatic hydroxyl groups is 1. The molecule has 3 heteroatoms. The highest BCUT2D eigenvalue weighted by Crippen LogP contribution is 2.34. The van der Waals surface area contributed by atoms with Gasteiger partial charge in [-0.25, -0.2) is 0 Å². The second-order valence-electron chi connectivity index (χ2n) is 4.90. The Balaban J connectivity index is 2.05. The molecule has 1 heterocycles. The van der Waals surface area contributed by atoms with Crippen LogP contribution in [0.3, 0.4) is 0 Å². The second-order valence-corrected chi connectivity index (χ2v) is 5.75. The molecule has 0 spiro atoms. The van der Waals surface area contributed by atoms with Crippen molar-refractivity contribution in [2.75, 3.05) is 24.6 Å². The van der Waals surface area contributed by atoms with Crippen molar-refractivity contribution in [3.8, 4) is 0 Å². The van der Waals surface area contributed by atoms with Crippen LogP contribution in [0.4, 0.5) is 5.69 Å². The van der Waals surface area contributed by atoms with Crippen molar-refractivity contribution in [1.29, 1.82) is 0 Å². The molecule has 3 rings (SSSR count). The lowest BCUT2D eigenvalue weighted by Crippen LogP contribution is -2.20. The van der Waals surface area contributed by atoms with Crippen LogP contribution in [0.5, 0.6) is 0 Å². The molecule has 0 aliphatic carbocycles. The molecular weight excluding hydrogens is 290 g/mol. The zero-order chi connectivity index (χ0) is 12.5. The second kappa shape index (κ2) is 4.90. The first-order valence-electron chi connectivity index (χ1n) is 6.32. The van der Waals surface area contributed by atoms with Gasteiger partial charge >= 0.3 is 0 Å². The first-order chi connectivity index (χ1) is 8.79. The maximum absolute atomic E-state index is 9.25. The molecule has 2 aromatic rings. The molecule has 94 valence electrons. The summed E-state index contributed by atoms with van der Waals surface area (Å²) in [6.07, 6.45) is 1.08. The Bertz CT molecular complexity index is 569. The average molecular weight is 306 g/mol. The summed E-state index contributed by atoms with van der Waals surface area (Å²) >= 11 is 3.61. The summed E-state index contributed by atoms with van der Waals surface area (Å²) in [6, 6.07) is 12.7. The Hall–Kier alpha value is -1.06. The molecule has 0 amide bonds. The average Bonchev–Trinajstić information content (AvgIpc) is 2.88. The summed E-state index contributed by atoms with van der Waals surface area (Å²) in [5.41, 5.74) is 1.28. The van der Waals surface area contributed by atoms with Crippen LogP contribution in [-0.2, 0) is 0 Å². The number of aliphatic hydroxyl groups excluding tert-OH is 1. The molecular formula is C15H16BrNO. The van der Waals surface area contributed by atoms with Gasteiger partial charge in [0.2, 0.25) is 0 Å². The molecule has 0 bridgehead atoms. The highest BCUT2D eigenvalue weighted by molar-refractivity contribution is 9.10. The Labute approximate surface area is 115 Å². The SMILES string of the molecule is OCC1CCN(c2ccc(Br)c3ccccc23)C1. The van der Waals surface area contributed by atoms with Crippen molar-refractivity contribution in [1.82, 2.24) is 0 Å². The fourth-order valence-corrected chi connectivity index (χ4v) is 3.20. The highest BCUT2D eigenvalue weighted by atomic mass is 79.9. The largest absolute Gasteiger partial charge is 0.396 e. The molecule has 1 N–H and O–H groups in total. The van der Waals surface area contributed by atoms with E-state index in [0.717, 1.165) is 24.0 Å². The van der Waals surface area contributed by atoms with Crippen molar-refractivity contribution in [3.05, 3.63) is 40.9 Å². The smallest absolute Gasteiger partial charge is 0.0476 e. The van der Waals surface area contributed by atoms with Gasteiger partial charge in [-0.05, 0) is 23.9 Å². The molecule has 0 radical (unpaired) electrons. The minimum Gasteiger partial charge on any atom is -0.396 e. The number of nitrogens with zero attached hydrogens (tertiary/aromatic N) is 1. The van der Waals surface area contributed by atoms with Gasteiger partial charge in [0.1, 0.15) is 0 Å². The summed E-state index contributed by atoms with van der Waals surface area (Å²) in [5, 5.41) is 11.8. The zero-order valence-electron chi connectivity index (χ0n) is 10.1. The van der Waals surface area contributed by atoms with Crippen LogP contribution >= 0.6 is 15.9 Å². The Morgan fingerprint density at radius 2 is 1.94 bits per heavy atom. The molecule has 1 unspecified atom stereocenters. The molecule has 18 heavy (non-hydrogen) atoms. The maximum atomic E-state index is 9.25. The van der Waals surface area contributed by atoms with Crippen LogP contribution in [0.1, 0.15) is 6.42 Å². The van der Waals surface area contributed by atoms with Crippen LogP contribution < -0.4 is 4.90 Å². The van der Waals surface area contributed by atoms with Gasteiger partial charge in [0.05, 0.1) is 0 Å². The molecule has 1 atom stereocenters. The molecule has 0 aromatic heterocycles. The first-order valence-corrected chi connectivity index (χ1v) is 7.12. The van der Waals surface area contributed by atoms with E-state index >= 15 is 0 Å². The topological polar surface area (TPSA) is 23.5 Å². The van der Waals surface area contributed by atoms with Crippen LogP contribution in [0.15, 0.2) is 40.9 Å². The number of halogens is 1. The third-order valence-electron chi connectivity index (χ3n) is 3.73. The third kappa shape index (κ3) is 2.02. The third-order valence-corrected chi connectivity index (χ3v) is 4.42. The molecule has 0 saturated carbocycles. The zero-order valence-corrected chi connectivity index (χ0v) is 11.7. The quantitative estimate of drug-likeness (QED) is 0.919. The highest BCUT2D eigenvalue weighted by Gasteiger charge is 2.23. The Morgan fingerprint density at radius 3 is 2.67 bits per heavy atom. The minimum absolute atomic E-state index is 0.297. The van der Waals surface area contributed by atoms with Crippen LogP contribution in [0.2, 0.25) is 0 Å². The fourth-order valence-electron chi connectivity index (χ4n) is 2.72. The van der Waals surface area contributed by atoms with E-state index in [4.69, 9.17) is 0 Å². The van der Waals surface area contributed by atoms with E-state index in [1.54, 1.807) is 0 Å². The Morgan fingerprint density at radius 1 is 1.17 bits per heavy atom. The van der Waals surface area contributed by atoms with E-state index in [2.05, 4.69) is 57.2 Å². The standard InChI is InChI=1S/C15H16BrNO/c16-14-5-6-15(13-4-2-1-3-12(13)14)17-8-7-11(9-17)10-18/h1-6,11,18H,7-10H2. The van der Waals surface area contributed by atoms with Gasteiger partial charge in [-0.1, -0.05) is 40.2 Å². The van der Waals surface area contributed by atoms with Crippen LogP contribution in [0, 0.1) is 5.92 Å². The monoisotopic (exact) mass is 305 g/mol. The predicted octanol–water partition coefficient (Wildman–Crippen LogP) is 3.42. The summed E-state index contributed by atoms with van der Waals surface area (Å²) in [7, 11) is 0. The molecule has 2 aromatic carbocycles. The lowest BCUT2D eigenvalue weighted by molar-refractivity contribution is 0.238. The number of rotatable bonds is 2. The number of benzene rings is 2. The van der Waals surface area contributed by atoms with Crippen molar-refractivity contribution in [2.45, 2.75) is 6.42 Å². The first kappa shape index (κ1) is 12.0.